The molecule has 1 amide bonds. The molecule has 3 atom stereocenters. The summed E-state index contributed by atoms with van der Waals surface area (Å²) in [5.74, 6) is 0.114. The van der Waals surface area contributed by atoms with Gasteiger partial charge in [-0.25, -0.2) is 0 Å². The molecule has 2 N–H and O–H groups in total. The number of rotatable bonds is 6. The Morgan fingerprint density at radius 3 is 2.56 bits per heavy atom. The minimum atomic E-state index is -0.289. The Hall–Kier alpha value is -0.650. The predicted molar refractivity (Wildman–Crippen MR) is 72.4 cm³/mol. The van der Waals surface area contributed by atoms with E-state index in [2.05, 4.69) is 11.8 Å². The fraction of sp³-hybridized carbons (Fsp3) is 0.923. The van der Waals surface area contributed by atoms with E-state index in [4.69, 9.17) is 10.5 Å². The number of ether oxygens (including phenoxy) is 1. The van der Waals surface area contributed by atoms with Gasteiger partial charge >= 0.3 is 0 Å². The van der Waals surface area contributed by atoms with Crippen molar-refractivity contribution in [2.75, 3.05) is 33.7 Å². The molecule has 0 bridgehead atoms. The maximum absolute atomic E-state index is 12.4. The number of amides is 1. The number of carbonyl (C=O) groups excluding carboxylic acids is 1. The maximum atomic E-state index is 12.4. The van der Waals surface area contributed by atoms with Gasteiger partial charge in [0.15, 0.2) is 0 Å². The molecule has 1 rings (SSSR count). The Balaban J connectivity index is 2.57. The molecule has 1 fully saturated rings. The van der Waals surface area contributed by atoms with Crippen LogP contribution < -0.4 is 5.73 Å². The average molecular weight is 257 g/mol. The van der Waals surface area contributed by atoms with Gasteiger partial charge in [0.25, 0.3) is 5.91 Å². The van der Waals surface area contributed by atoms with Crippen molar-refractivity contribution in [2.24, 2.45) is 5.73 Å². The van der Waals surface area contributed by atoms with Crippen molar-refractivity contribution in [1.29, 1.82) is 0 Å². The molecule has 5 heteroatoms. The molecule has 0 saturated carbocycles. The van der Waals surface area contributed by atoms with Gasteiger partial charge in [0, 0.05) is 25.7 Å². The number of carbonyl (C=O) groups is 1. The van der Waals surface area contributed by atoms with Crippen LogP contribution in [0, 0.1) is 0 Å². The van der Waals surface area contributed by atoms with Gasteiger partial charge in [0.2, 0.25) is 0 Å². The standard InChI is InChI=1S/C13H27N3O2/c1-5-16(10(2)9-15(3)4)13(17)12-7-6-11(8-14)18-12/h10-12H,5-9,14H2,1-4H3. The lowest BCUT2D eigenvalue weighted by Gasteiger charge is -2.32. The second-order valence-electron chi connectivity index (χ2n) is 5.30. The lowest BCUT2D eigenvalue weighted by molar-refractivity contribution is -0.144. The highest BCUT2D eigenvalue weighted by Gasteiger charge is 2.33. The quantitative estimate of drug-likeness (QED) is 0.743. The van der Waals surface area contributed by atoms with Crippen molar-refractivity contribution < 1.29 is 9.53 Å². The van der Waals surface area contributed by atoms with Gasteiger partial charge < -0.3 is 20.3 Å². The zero-order valence-electron chi connectivity index (χ0n) is 12.1. The van der Waals surface area contributed by atoms with Crippen LogP contribution in [0.15, 0.2) is 0 Å². The largest absolute Gasteiger partial charge is 0.364 e. The van der Waals surface area contributed by atoms with E-state index < -0.39 is 0 Å². The first-order valence-electron chi connectivity index (χ1n) is 6.80. The summed E-state index contributed by atoms with van der Waals surface area (Å²) < 4.78 is 5.68. The lowest BCUT2D eigenvalue weighted by Crippen LogP contribution is -2.48. The van der Waals surface area contributed by atoms with Gasteiger partial charge in [-0.2, -0.15) is 0 Å². The lowest BCUT2D eigenvalue weighted by atomic mass is 10.1. The Morgan fingerprint density at radius 1 is 1.44 bits per heavy atom. The molecular weight excluding hydrogens is 230 g/mol. The molecule has 0 spiro atoms. The summed E-state index contributed by atoms with van der Waals surface area (Å²) in [5.41, 5.74) is 5.57. The molecule has 1 aliphatic rings. The molecule has 1 heterocycles. The van der Waals surface area contributed by atoms with Crippen LogP contribution in [0.2, 0.25) is 0 Å². The monoisotopic (exact) mass is 257 g/mol. The molecule has 0 aromatic rings. The van der Waals surface area contributed by atoms with Crippen molar-refractivity contribution in [2.45, 2.75) is 44.9 Å². The van der Waals surface area contributed by atoms with Crippen molar-refractivity contribution >= 4 is 5.91 Å². The number of nitrogens with two attached hydrogens (primary N) is 1. The van der Waals surface area contributed by atoms with E-state index in [0.29, 0.717) is 6.54 Å². The summed E-state index contributed by atoms with van der Waals surface area (Å²) in [5, 5.41) is 0. The highest BCUT2D eigenvalue weighted by molar-refractivity contribution is 5.81. The Morgan fingerprint density at radius 2 is 2.11 bits per heavy atom. The van der Waals surface area contributed by atoms with E-state index in [-0.39, 0.29) is 24.2 Å². The van der Waals surface area contributed by atoms with Crippen LogP contribution in [0.4, 0.5) is 0 Å². The summed E-state index contributed by atoms with van der Waals surface area (Å²) >= 11 is 0. The first-order valence-corrected chi connectivity index (χ1v) is 6.80. The number of likely N-dealkylation sites (N-methyl/N-ethyl adjacent to an activating group) is 2. The van der Waals surface area contributed by atoms with E-state index in [1.54, 1.807) is 0 Å². The van der Waals surface area contributed by atoms with E-state index in [1.165, 1.54) is 0 Å². The molecule has 1 aliphatic heterocycles. The van der Waals surface area contributed by atoms with Crippen molar-refractivity contribution in [3.63, 3.8) is 0 Å². The Bertz CT molecular complexity index is 271. The third-order valence-corrected chi connectivity index (χ3v) is 3.43. The second-order valence-corrected chi connectivity index (χ2v) is 5.30. The van der Waals surface area contributed by atoms with Crippen LogP contribution >= 0.6 is 0 Å². The van der Waals surface area contributed by atoms with E-state index in [0.717, 1.165) is 25.9 Å². The van der Waals surface area contributed by atoms with Crippen LogP contribution in [-0.2, 0) is 9.53 Å². The van der Waals surface area contributed by atoms with Gasteiger partial charge in [0.05, 0.1) is 6.10 Å². The zero-order chi connectivity index (χ0) is 13.7. The molecule has 3 unspecified atom stereocenters. The summed E-state index contributed by atoms with van der Waals surface area (Å²) in [4.78, 5) is 16.4. The molecule has 1 saturated heterocycles. The molecule has 5 nitrogen and oxygen atoms in total. The maximum Gasteiger partial charge on any atom is 0.251 e. The molecule has 18 heavy (non-hydrogen) atoms. The molecule has 0 aliphatic carbocycles. The smallest absolute Gasteiger partial charge is 0.251 e. The molecule has 0 aromatic heterocycles. The van der Waals surface area contributed by atoms with Crippen molar-refractivity contribution in [3.8, 4) is 0 Å². The summed E-state index contributed by atoms with van der Waals surface area (Å²) in [6.07, 6.45) is 1.46. The number of nitrogens with zero attached hydrogens (tertiary/aromatic N) is 2. The highest BCUT2D eigenvalue weighted by Crippen LogP contribution is 2.21. The Kier molecular flexibility index (Phi) is 6.05. The van der Waals surface area contributed by atoms with E-state index >= 15 is 0 Å². The van der Waals surface area contributed by atoms with Gasteiger partial charge in [0.1, 0.15) is 6.10 Å². The van der Waals surface area contributed by atoms with Crippen LogP contribution in [0.5, 0.6) is 0 Å². The van der Waals surface area contributed by atoms with Crippen LogP contribution in [0.1, 0.15) is 26.7 Å². The van der Waals surface area contributed by atoms with Crippen LogP contribution in [0.25, 0.3) is 0 Å². The fourth-order valence-electron chi connectivity index (χ4n) is 2.56. The summed E-state index contributed by atoms with van der Waals surface area (Å²) in [6, 6.07) is 0.207. The third kappa shape index (κ3) is 3.93. The van der Waals surface area contributed by atoms with Crippen molar-refractivity contribution in [1.82, 2.24) is 9.80 Å². The fourth-order valence-corrected chi connectivity index (χ4v) is 2.56. The minimum Gasteiger partial charge on any atom is -0.364 e. The van der Waals surface area contributed by atoms with Gasteiger partial charge in [-0.05, 0) is 40.8 Å². The molecule has 106 valence electrons. The van der Waals surface area contributed by atoms with E-state index in [9.17, 15) is 4.79 Å². The normalized spacial score (nSPS) is 25.4. The van der Waals surface area contributed by atoms with Gasteiger partial charge in [-0.1, -0.05) is 0 Å². The molecule has 0 radical (unpaired) electrons. The Labute approximate surface area is 110 Å². The second kappa shape index (κ2) is 7.07. The third-order valence-electron chi connectivity index (χ3n) is 3.43. The first-order chi connectivity index (χ1) is 8.49. The summed E-state index contributed by atoms with van der Waals surface area (Å²) in [6.45, 7) is 6.19. The molecule has 0 aromatic carbocycles. The highest BCUT2D eigenvalue weighted by atomic mass is 16.5. The van der Waals surface area contributed by atoms with Crippen LogP contribution in [-0.4, -0.2) is 67.7 Å². The number of hydrogen-bond acceptors (Lipinski definition) is 4. The topological polar surface area (TPSA) is 58.8 Å². The average Bonchev–Trinajstić information content (AvgIpc) is 2.77. The minimum absolute atomic E-state index is 0.0572. The van der Waals surface area contributed by atoms with Gasteiger partial charge in [-0.3, -0.25) is 4.79 Å². The van der Waals surface area contributed by atoms with Crippen molar-refractivity contribution in [3.05, 3.63) is 0 Å². The van der Waals surface area contributed by atoms with Gasteiger partial charge in [-0.15, -0.1) is 0 Å². The van der Waals surface area contributed by atoms with Crippen LogP contribution in [0.3, 0.4) is 0 Å². The SMILES string of the molecule is CCN(C(=O)C1CCC(CN)O1)C(C)CN(C)C. The molecular formula is C13H27N3O2. The zero-order valence-corrected chi connectivity index (χ0v) is 12.1. The predicted octanol–water partition coefficient (Wildman–Crippen LogP) is 0.291. The summed E-state index contributed by atoms with van der Waals surface area (Å²) in [7, 11) is 4.04. The first kappa shape index (κ1) is 15.4. The number of hydrogen-bond donors (Lipinski definition) is 1. The van der Waals surface area contributed by atoms with E-state index in [1.807, 2.05) is 25.9 Å².